The van der Waals surface area contributed by atoms with E-state index >= 15 is 0 Å². The minimum atomic E-state index is 0.251. The number of hydrogen-bond donors (Lipinski definition) is 0. The molecule has 0 aliphatic rings. The average molecular weight is 153 g/mol. The standard InChI is InChI=1S/C7H5ClN2/c1-2-3-6-4-9-7(8)10-5-6/h3-5H,1H2. The molecule has 0 aliphatic carbocycles. The lowest BCUT2D eigenvalue weighted by molar-refractivity contribution is 1.16. The van der Waals surface area contributed by atoms with Gasteiger partial charge in [0.05, 0.1) is 0 Å². The number of nitrogens with zero attached hydrogens (tertiary/aromatic N) is 2. The van der Waals surface area contributed by atoms with E-state index in [0.717, 1.165) is 5.56 Å². The van der Waals surface area contributed by atoms with Crippen LogP contribution in [0.5, 0.6) is 0 Å². The summed E-state index contributed by atoms with van der Waals surface area (Å²) >= 11 is 5.44. The first-order valence-corrected chi connectivity index (χ1v) is 3.04. The fourth-order valence-corrected chi connectivity index (χ4v) is 0.612. The van der Waals surface area contributed by atoms with Crippen molar-refractivity contribution >= 4 is 17.7 Å². The predicted octanol–water partition coefficient (Wildman–Crippen LogP) is 1.93. The first kappa shape index (κ1) is 7.00. The van der Waals surface area contributed by atoms with E-state index in [0.29, 0.717) is 0 Å². The second kappa shape index (κ2) is 3.16. The number of hydrogen-bond acceptors (Lipinski definition) is 2. The van der Waals surface area contributed by atoms with Gasteiger partial charge in [0.2, 0.25) is 5.28 Å². The molecule has 0 fully saturated rings. The third-order valence-corrected chi connectivity index (χ3v) is 1.10. The van der Waals surface area contributed by atoms with Crippen molar-refractivity contribution in [3.8, 4) is 0 Å². The molecule has 0 aliphatic heterocycles. The van der Waals surface area contributed by atoms with Gasteiger partial charge in [-0.05, 0) is 17.7 Å². The van der Waals surface area contributed by atoms with E-state index in [-0.39, 0.29) is 5.28 Å². The Morgan fingerprint density at radius 3 is 2.60 bits per heavy atom. The van der Waals surface area contributed by atoms with Gasteiger partial charge >= 0.3 is 0 Å². The van der Waals surface area contributed by atoms with Crippen LogP contribution in [0.2, 0.25) is 5.28 Å². The van der Waals surface area contributed by atoms with E-state index in [1.807, 2.05) is 0 Å². The first-order chi connectivity index (χ1) is 4.83. The molecule has 0 aromatic carbocycles. The number of halogens is 1. The van der Waals surface area contributed by atoms with Gasteiger partial charge in [0.25, 0.3) is 0 Å². The first-order valence-electron chi connectivity index (χ1n) is 2.66. The molecule has 0 atom stereocenters. The average Bonchev–Trinajstić information content (AvgIpc) is 1.95. The zero-order valence-electron chi connectivity index (χ0n) is 5.21. The lowest BCUT2D eigenvalue weighted by Crippen LogP contribution is -1.80. The van der Waals surface area contributed by atoms with Gasteiger partial charge in [0, 0.05) is 18.0 Å². The summed E-state index contributed by atoms with van der Waals surface area (Å²) in [5.41, 5.74) is 3.45. The topological polar surface area (TPSA) is 25.8 Å². The molecule has 1 aromatic heterocycles. The van der Waals surface area contributed by atoms with Crippen molar-refractivity contribution in [1.82, 2.24) is 9.97 Å². The van der Waals surface area contributed by atoms with Gasteiger partial charge in [0.1, 0.15) is 0 Å². The van der Waals surface area contributed by atoms with E-state index in [1.165, 1.54) is 0 Å². The zero-order valence-corrected chi connectivity index (χ0v) is 5.97. The molecule has 0 amide bonds. The lowest BCUT2D eigenvalue weighted by Gasteiger charge is -1.88. The summed E-state index contributed by atoms with van der Waals surface area (Å²) in [6.45, 7) is 3.41. The molecule has 0 saturated heterocycles. The summed E-state index contributed by atoms with van der Waals surface area (Å²) in [7, 11) is 0. The third kappa shape index (κ3) is 1.69. The fourth-order valence-electron chi connectivity index (χ4n) is 0.515. The van der Waals surface area contributed by atoms with Gasteiger partial charge in [-0.25, -0.2) is 9.97 Å². The Morgan fingerprint density at radius 2 is 2.10 bits per heavy atom. The van der Waals surface area contributed by atoms with Crippen molar-refractivity contribution in [2.24, 2.45) is 0 Å². The van der Waals surface area contributed by atoms with Crippen molar-refractivity contribution < 1.29 is 0 Å². The Hall–Kier alpha value is -1.11. The summed E-state index contributed by atoms with van der Waals surface area (Å²) in [6, 6.07) is 0. The smallest absolute Gasteiger partial charge is 0.222 e. The normalized spacial score (nSPS) is 8.50. The summed E-state index contributed by atoms with van der Waals surface area (Å²) in [5, 5.41) is 0.251. The molecule has 0 bridgehead atoms. The van der Waals surface area contributed by atoms with E-state index < -0.39 is 0 Å². The Bertz CT molecular complexity index is 259. The van der Waals surface area contributed by atoms with Gasteiger partial charge in [-0.15, -0.1) is 5.73 Å². The van der Waals surface area contributed by atoms with Crippen molar-refractivity contribution in [3.63, 3.8) is 0 Å². The zero-order chi connectivity index (χ0) is 7.40. The van der Waals surface area contributed by atoms with Crippen LogP contribution in [0.3, 0.4) is 0 Å². The van der Waals surface area contributed by atoms with Gasteiger partial charge < -0.3 is 0 Å². The molecule has 0 unspecified atom stereocenters. The van der Waals surface area contributed by atoms with Crippen molar-refractivity contribution in [1.29, 1.82) is 0 Å². The van der Waals surface area contributed by atoms with Crippen molar-refractivity contribution in [3.05, 3.63) is 35.6 Å². The fraction of sp³-hybridized carbons (Fsp3) is 0. The monoisotopic (exact) mass is 152 g/mol. The van der Waals surface area contributed by atoms with Gasteiger partial charge in [0.15, 0.2) is 0 Å². The van der Waals surface area contributed by atoms with Gasteiger partial charge in [-0.3, -0.25) is 0 Å². The molecule has 2 nitrogen and oxygen atoms in total. The quantitative estimate of drug-likeness (QED) is 0.454. The molecule has 1 aromatic rings. The maximum absolute atomic E-state index is 5.44. The van der Waals surface area contributed by atoms with E-state index in [4.69, 9.17) is 11.6 Å². The van der Waals surface area contributed by atoms with E-state index in [9.17, 15) is 0 Å². The van der Waals surface area contributed by atoms with Crippen LogP contribution in [-0.2, 0) is 0 Å². The maximum atomic E-state index is 5.44. The highest BCUT2D eigenvalue weighted by molar-refractivity contribution is 6.28. The van der Waals surface area contributed by atoms with Gasteiger partial charge in [-0.2, -0.15) is 0 Å². The second-order valence-corrected chi connectivity index (χ2v) is 1.97. The minimum absolute atomic E-state index is 0.251. The molecule has 0 radical (unpaired) electrons. The Morgan fingerprint density at radius 1 is 1.50 bits per heavy atom. The van der Waals surface area contributed by atoms with Crippen molar-refractivity contribution in [2.45, 2.75) is 0 Å². The molecular weight excluding hydrogens is 148 g/mol. The highest BCUT2D eigenvalue weighted by atomic mass is 35.5. The van der Waals surface area contributed by atoms with Gasteiger partial charge in [-0.1, -0.05) is 6.58 Å². The van der Waals surface area contributed by atoms with Crippen LogP contribution >= 0.6 is 11.6 Å². The highest BCUT2D eigenvalue weighted by Crippen LogP contribution is 2.00. The van der Waals surface area contributed by atoms with Crippen LogP contribution in [0.1, 0.15) is 5.56 Å². The summed E-state index contributed by atoms with van der Waals surface area (Å²) in [5.74, 6) is 0. The molecular formula is C7H5ClN2. The molecule has 0 saturated carbocycles. The summed E-state index contributed by atoms with van der Waals surface area (Å²) in [4.78, 5) is 7.51. The SMILES string of the molecule is C=C=Cc1cnc(Cl)nc1. The highest BCUT2D eigenvalue weighted by Gasteiger charge is 1.87. The second-order valence-electron chi connectivity index (χ2n) is 1.63. The molecule has 0 N–H and O–H groups in total. The molecule has 3 heteroatoms. The summed E-state index contributed by atoms with van der Waals surface area (Å²) < 4.78 is 0. The Labute approximate surface area is 63.9 Å². The van der Waals surface area contributed by atoms with Crippen LogP contribution < -0.4 is 0 Å². The van der Waals surface area contributed by atoms with Crippen LogP contribution in [0, 0.1) is 0 Å². The largest absolute Gasteiger partial charge is 0.226 e. The third-order valence-electron chi connectivity index (χ3n) is 0.909. The molecule has 1 rings (SSSR count). The summed E-state index contributed by atoms with van der Waals surface area (Å²) in [6.07, 6.45) is 4.89. The molecule has 10 heavy (non-hydrogen) atoms. The van der Waals surface area contributed by atoms with Crippen LogP contribution in [0.15, 0.2) is 24.7 Å². The minimum Gasteiger partial charge on any atom is -0.226 e. The number of rotatable bonds is 1. The van der Waals surface area contributed by atoms with Crippen LogP contribution in [-0.4, -0.2) is 9.97 Å². The molecule has 1 heterocycles. The lowest BCUT2D eigenvalue weighted by atomic mass is 10.3. The van der Waals surface area contributed by atoms with E-state index in [1.54, 1.807) is 18.5 Å². The van der Waals surface area contributed by atoms with Crippen LogP contribution in [0.25, 0.3) is 6.08 Å². The number of aromatic nitrogens is 2. The van der Waals surface area contributed by atoms with E-state index in [2.05, 4.69) is 22.3 Å². The Kier molecular flexibility index (Phi) is 2.21. The predicted molar refractivity (Wildman–Crippen MR) is 40.6 cm³/mol. The Balaban J connectivity index is 3.00. The molecule has 50 valence electrons. The van der Waals surface area contributed by atoms with Crippen LogP contribution in [0.4, 0.5) is 0 Å². The maximum Gasteiger partial charge on any atom is 0.222 e. The molecule has 0 spiro atoms. The van der Waals surface area contributed by atoms with Crippen molar-refractivity contribution in [2.75, 3.05) is 0 Å².